The van der Waals surface area contributed by atoms with Gasteiger partial charge in [0.1, 0.15) is 5.78 Å². The van der Waals surface area contributed by atoms with Crippen LogP contribution in [-0.2, 0) is 63.4 Å². The molecule has 0 aromatic carbocycles. The zero-order chi connectivity index (χ0) is 53.8. The van der Waals surface area contributed by atoms with Crippen LogP contribution in [0.3, 0.4) is 0 Å². The normalized spacial score (nSPS) is 19.6. The first-order chi connectivity index (χ1) is 32.3. The van der Waals surface area contributed by atoms with Gasteiger partial charge in [0.15, 0.2) is 39.1 Å². The Bertz CT molecular complexity index is 1600. The molecule has 16 heteroatoms. The second-order valence-electron chi connectivity index (χ2n) is 24.3. The van der Waals surface area contributed by atoms with Crippen molar-refractivity contribution >= 4 is 56.8 Å². The Morgan fingerprint density at radius 1 is 0.658 bits per heavy atom. The maximum absolute atomic E-state index is 13.0. The van der Waals surface area contributed by atoms with Crippen molar-refractivity contribution in [1.82, 2.24) is 0 Å². The van der Waals surface area contributed by atoms with Gasteiger partial charge in [0, 0.05) is 37.5 Å². The molecule has 426 valence electrons. The molecule has 3 unspecified atom stereocenters. The number of carbonyl (C=O) groups is 4. The number of carbonyl (C=O) groups excluding carboxylic acids is 4. The molecule has 2 aliphatic rings. The van der Waals surface area contributed by atoms with Crippen molar-refractivity contribution < 1.29 is 82.3 Å². The number of hydrogen-bond acceptors (Lipinski definition) is 10. The summed E-state index contributed by atoms with van der Waals surface area (Å²) < 4.78 is 34.6. The summed E-state index contributed by atoms with van der Waals surface area (Å²) in [4.78, 5) is 47.2. The van der Waals surface area contributed by atoms with Crippen LogP contribution in [0.2, 0.25) is 78.6 Å². The quantitative estimate of drug-likeness (QED) is 0.0206. The molecule has 0 N–H and O–H groups in total. The molecule has 0 aromatic rings. The third-order valence-electron chi connectivity index (χ3n) is 12.2. The second kappa shape index (κ2) is 39.6. The Morgan fingerprint density at radius 2 is 1.11 bits per heavy atom. The summed E-state index contributed by atoms with van der Waals surface area (Å²) in [5, 5.41) is 0. The molecule has 0 bridgehead atoms. The fourth-order valence-corrected chi connectivity index (χ4v) is 14.9. The molecule has 0 radical (unpaired) electrons. The summed E-state index contributed by atoms with van der Waals surface area (Å²) in [6.45, 7) is 40.9. The van der Waals surface area contributed by atoms with Crippen LogP contribution in [0.4, 0.5) is 0 Å². The van der Waals surface area contributed by atoms with Gasteiger partial charge in [0.05, 0.1) is 37.6 Å². The number of ether oxygens (including phenoxy) is 2. The average molecular weight is 1140 g/mol. The molecule has 0 saturated heterocycles. The molecule has 0 aliphatic heterocycles. The predicted molar refractivity (Wildman–Crippen MR) is 309 cm³/mol. The van der Waals surface area contributed by atoms with E-state index < -0.39 is 33.3 Å². The largest absolute Gasteiger partial charge is 1.00 e. The molecule has 0 spiro atoms. The minimum Gasteiger partial charge on any atom is -0.518 e. The summed E-state index contributed by atoms with van der Waals surface area (Å²) in [5.74, 6) is 0.489. The molecule has 73 heavy (non-hydrogen) atoms. The van der Waals surface area contributed by atoms with Gasteiger partial charge >= 0.3 is 47.9 Å². The van der Waals surface area contributed by atoms with Crippen LogP contribution >= 0.6 is 0 Å². The van der Waals surface area contributed by atoms with Crippen molar-refractivity contribution in [2.45, 2.75) is 271 Å². The minimum atomic E-state index is -1.76. The van der Waals surface area contributed by atoms with Gasteiger partial charge in [0.2, 0.25) is 0 Å². The van der Waals surface area contributed by atoms with E-state index in [1.54, 1.807) is 6.08 Å². The van der Waals surface area contributed by atoms with Crippen molar-refractivity contribution in [2.24, 2.45) is 11.8 Å². The second-order valence-corrected chi connectivity index (χ2v) is 42.1. The van der Waals surface area contributed by atoms with E-state index >= 15 is 0 Å². The minimum absolute atomic E-state index is 0. The number of Topliss-reactive ketones (excluding diaryl/α,β-unsaturated/α-hetero) is 2. The van der Waals surface area contributed by atoms with E-state index in [1.807, 2.05) is 6.08 Å². The molecule has 6 atom stereocenters. The first-order valence-corrected chi connectivity index (χ1v) is 40.8. The molecule has 10 nitrogen and oxygen atoms in total. The van der Waals surface area contributed by atoms with E-state index in [0.717, 1.165) is 102 Å². The van der Waals surface area contributed by atoms with Gasteiger partial charge in [-0.25, -0.2) is 0 Å². The third kappa shape index (κ3) is 40.2. The van der Waals surface area contributed by atoms with Gasteiger partial charge in [-0.2, -0.15) is 0 Å². The molecule has 2 aliphatic carbocycles. The van der Waals surface area contributed by atoms with Gasteiger partial charge < -0.3 is 41.2 Å². The zero-order valence-corrected chi connectivity index (χ0v) is 55.6. The van der Waals surface area contributed by atoms with Gasteiger partial charge in [0.25, 0.3) is 0 Å². The smallest absolute Gasteiger partial charge is 0.518 e. The first-order valence-electron chi connectivity index (χ1n) is 27.2. The molecule has 1 fully saturated rings. The molecule has 0 heterocycles. The van der Waals surface area contributed by atoms with Crippen molar-refractivity contribution in [3.8, 4) is 0 Å². The standard InChI is InChI=1S/C28H54O5Si2.C16H28O4Si.C12H25OSi.CH3.Cu.Li/c1-10-11-20-28(2,33-35(7,8)9)21-16-18-24-23(17-14-12-13-15-19-27(30)31-3)25(29)22-26(24)32-34(4,5)6;1-19-16(18)10-8-6-5-7-9-13-11-14(12-15(13)17)20-21(2,3)4;1-7-9-11-12(3,10-8-2)13-14(4,5)6;;;/h16,18,23-24,26H,10-15,17,19-22H2,1-9H3;11,14H,5-10,12H2,1-4H3;2,8H,7,9-11H2,1,3-6H3;1H3;;/q;;2*-1;2*+1/b18-16+;;;;;/t23-,24-,26-,28?;;;;;/m1...../s1. The Morgan fingerprint density at radius 3 is 1.53 bits per heavy atom. The van der Waals surface area contributed by atoms with E-state index in [4.69, 9.17) is 29.0 Å². The van der Waals surface area contributed by atoms with Gasteiger partial charge in [-0.15, -0.1) is 0 Å². The van der Waals surface area contributed by atoms with E-state index in [0.29, 0.717) is 31.5 Å². The van der Waals surface area contributed by atoms with Gasteiger partial charge in [-0.3, -0.25) is 25.3 Å². The zero-order valence-electron chi connectivity index (χ0n) is 50.6. The monoisotopic (exact) mass is 1140 g/mol. The van der Waals surface area contributed by atoms with E-state index in [1.165, 1.54) is 33.5 Å². The van der Waals surface area contributed by atoms with Crippen molar-refractivity contribution in [3.05, 3.63) is 43.9 Å². The molecule has 1 saturated carbocycles. The van der Waals surface area contributed by atoms with Crippen molar-refractivity contribution in [2.75, 3.05) is 14.2 Å². The van der Waals surface area contributed by atoms with Crippen LogP contribution in [0.1, 0.15) is 169 Å². The number of allylic oxidation sites excluding steroid dienone is 1. The number of ketones is 2. The Kier molecular flexibility index (Phi) is 42.8. The Labute approximate surface area is 476 Å². The molecular weight excluding hydrogens is 1030 g/mol. The van der Waals surface area contributed by atoms with Crippen LogP contribution < -0.4 is 18.9 Å². The summed E-state index contributed by atoms with van der Waals surface area (Å²) >= 11 is 0. The van der Waals surface area contributed by atoms with E-state index in [9.17, 15) is 19.2 Å². The Balaban J connectivity index is -0.000000533. The van der Waals surface area contributed by atoms with Gasteiger partial charge in [-0.05, 0) is 162 Å². The summed E-state index contributed by atoms with van der Waals surface area (Å²) in [6, 6.07) is 0. The summed E-state index contributed by atoms with van der Waals surface area (Å²) in [7, 11) is -3.62. The molecule has 2 rings (SSSR count). The summed E-state index contributed by atoms with van der Waals surface area (Å²) in [5.41, 5.74) is 0.755. The number of rotatable bonds is 33. The maximum Gasteiger partial charge on any atom is 1.00 e. The summed E-state index contributed by atoms with van der Waals surface area (Å²) in [6.07, 6.45) is 28.5. The first kappa shape index (κ1) is 78.8. The molecule has 0 amide bonds. The van der Waals surface area contributed by atoms with Gasteiger partial charge in [-0.1, -0.05) is 83.8 Å². The number of hydrogen-bond donors (Lipinski definition) is 0. The number of methoxy groups -OCH3 is 2. The van der Waals surface area contributed by atoms with Crippen LogP contribution in [0.5, 0.6) is 0 Å². The predicted octanol–water partition coefficient (Wildman–Crippen LogP) is 12.9. The third-order valence-corrected chi connectivity index (χ3v) is 16.4. The number of esters is 2. The van der Waals surface area contributed by atoms with Crippen LogP contribution in [-0.4, -0.2) is 94.4 Å². The van der Waals surface area contributed by atoms with Crippen LogP contribution in [0.15, 0.2) is 29.9 Å². The Hall–Kier alpha value is -0.676. The maximum atomic E-state index is 13.0. The van der Waals surface area contributed by atoms with E-state index in [-0.39, 0.29) is 96.3 Å². The van der Waals surface area contributed by atoms with Crippen molar-refractivity contribution in [3.63, 3.8) is 0 Å². The fraction of sp³-hybridized carbons (Fsp3) is 0.807. The molecular formula is C57H110CuLiO10Si4. The SMILES string of the molecule is CCCCC(C)(C/C=C/[C@H]1[C@H](O[Si](C)(C)C)CC(=O)[C@@H]1CCCCCCC(=O)OC)O[Si](C)(C)C.COC(=O)CCCCCCC1=CC(O[Si](C)(C)C)CC1=O.[CH-]=CCC(C)(CCCC)O[Si](C)(C)C.[CH3-].[Cu+].[Li+]. The van der Waals surface area contributed by atoms with Crippen LogP contribution in [0, 0.1) is 25.8 Å². The van der Waals surface area contributed by atoms with Crippen LogP contribution in [0.25, 0.3) is 0 Å². The molecule has 0 aromatic heterocycles. The fourth-order valence-electron chi connectivity index (χ4n) is 9.41. The van der Waals surface area contributed by atoms with Crippen molar-refractivity contribution in [1.29, 1.82) is 0 Å². The average Bonchev–Trinajstić information content (AvgIpc) is 3.71. The topological polar surface area (TPSA) is 124 Å². The van der Waals surface area contributed by atoms with E-state index in [2.05, 4.69) is 123 Å². The number of unbranched alkanes of at least 4 members (excludes halogenated alkanes) is 8.